The van der Waals surface area contributed by atoms with Crippen LogP contribution in [0, 0.1) is 5.92 Å². The number of nitrogens with zero attached hydrogens (tertiary/aromatic N) is 5. The highest BCUT2D eigenvalue weighted by atomic mass is 32.1. The maximum absolute atomic E-state index is 12.8. The summed E-state index contributed by atoms with van der Waals surface area (Å²) in [7, 11) is 0. The van der Waals surface area contributed by atoms with E-state index in [1.54, 1.807) is 17.7 Å². The van der Waals surface area contributed by atoms with Gasteiger partial charge in [-0.1, -0.05) is 0 Å². The lowest BCUT2D eigenvalue weighted by Gasteiger charge is -2.42. The third kappa shape index (κ3) is 3.50. The number of carbonyl (C=O) groups is 1. The second kappa shape index (κ2) is 7.95. The number of amides is 1. The molecule has 5 rings (SSSR count). The summed E-state index contributed by atoms with van der Waals surface area (Å²) in [6.45, 7) is 6.14. The summed E-state index contributed by atoms with van der Waals surface area (Å²) in [5, 5.41) is 2.10. The maximum Gasteiger partial charge on any atom is 0.226 e. The van der Waals surface area contributed by atoms with Crippen LogP contribution in [-0.4, -0.2) is 71.0 Å². The van der Waals surface area contributed by atoms with Crippen molar-refractivity contribution in [1.29, 1.82) is 0 Å². The van der Waals surface area contributed by atoms with Gasteiger partial charge in [-0.3, -0.25) is 9.69 Å². The van der Waals surface area contributed by atoms with Gasteiger partial charge in [0.15, 0.2) is 0 Å². The van der Waals surface area contributed by atoms with Gasteiger partial charge in [0.2, 0.25) is 5.91 Å². The minimum absolute atomic E-state index is 0.220. The summed E-state index contributed by atoms with van der Waals surface area (Å²) in [5.41, 5.74) is 1.05. The van der Waals surface area contributed by atoms with Crippen molar-refractivity contribution >= 4 is 33.3 Å². The Morgan fingerprint density at radius 2 is 1.82 bits per heavy atom. The van der Waals surface area contributed by atoms with Gasteiger partial charge in [0.05, 0.1) is 16.1 Å². The lowest BCUT2D eigenvalue weighted by atomic mass is 9.93. The van der Waals surface area contributed by atoms with Crippen molar-refractivity contribution in [3.05, 3.63) is 17.8 Å². The number of thiophene rings is 1. The number of hydrogen-bond donors (Lipinski definition) is 0. The Hall–Kier alpha value is -1.73. The van der Waals surface area contributed by atoms with Gasteiger partial charge in [0, 0.05) is 38.8 Å². The van der Waals surface area contributed by atoms with Gasteiger partial charge >= 0.3 is 0 Å². The Morgan fingerprint density at radius 3 is 2.64 bits per heavy atom. The van der Waals surface area contributed by atoms with E-state index in [9.17, 15) is 4.79 Å². The Balaban J connectivity index is 1.20. The van der Waals surface area contributed by atoms with Gasteiger partial charge in [0.1, 0.15) is 12.1 Å². The van der Waals surface area contributed by atoms with Gasteiger partial charge in [-0.2, -0.15) is 0 Å². The molecule has 2 aromatic heterocycles. The van der Waals surface area contributed by atoms with Crippen molar-refractivity contribution in [2.24, 2.45) is 5.92 Å². The van der Waals surface area contributed by atoms with E-state index in [-0.39, 0.29) is 5.92 Å². The molecule has 0 bridgehead atoms. The van der Waals surface area contributed by atoms with Gasteiger partial charge < -0.3 is 9.80 Å². The second-order valence-corrected chi connectivity index (χ2v) is 9.33. The second-order valence-electron chi connectivity index (χ2n) is 8.42. The zero-order valence-electron chi connectivity index (χ0n) is 16.4. The van der Waals surface area contributed by atoms with Crippen LogP contribution in [0.1, 0.15) is 38.5 Å². The monoisotopic (exact) mass is 399 g/mol. The summed E-state index contributed by atoms with van der Waals surface area (Å²) in [5.74, 6) is 1.73. The third-order valence-electron chi connectivity index (χ3n) is 6.72. The average Bonchev–Trinajstić information content (AvgIpc) is 3.45. The van der Waals surface area contributed by atoms with Crippen molar-refractivity contribution in [3.63, 3.8) is 0 Å². The molecule has 0 unspecified atom stereocenters. The fraction of sp³-hybridized carbons (Fsp3) is 0.667. The van der Waals surface area contributed by atoms with Crippen LogP contribution < -0.4 is 4.90 Å². The van der Waals surface area contributed by atoms with Crippen LogP contribution >= 0.6 is 11.3 Å². The van der Waals surface area contributed by atoms with Crippen molar-refractivity contribution in [3.8, 4) is 0 Å². The first-order valence-corrected chi connectivity index (χ1v) is 11.6. The maximum atomic E-state index is 12.8. The number of rotatable bonds is 3. The molecule has 3 fully saturated rings. The molecule has 0 N–H and O–H groups in total. The molecule has 3 aliphatic heterocycles. The van der Waals surface area contributed by atoms with Crippen molar-refractivity contribution in [1.82, 2.24) is 19.8 Å². The Bertz CT molecular complexity index is 825. The number of anilines is 1. The molecule has 3 saturated heterocycles. The minimum atomic E-state index is 0.220. The normalized spacial score (nSPS) is 24.9. The molecule has 0 radical (unpaired) electrons. The Morgan fingerprint density at radius 1 is 1.00 bits per heavy atom. The highest BCUT2D eigenvalue weighted by Gasteiger charge is 2.34. The molecule has 1 amide bonds. The predicted octanol–water partition coefficient (Wildman–Crippen LogP) is 2.99. The molecular formula is C21H29N5OS. The minimum Gasteiger partial charge on any atom is -0.355 e. The van der Waals surface area contributed by atoms with Crippen LogP contribution in [-0.2, 0) is 4.79 Å². The third-order valence-corrected chi connectivity index (χ3v) is 7.62. The van der Waals surface area contributed by atoms with E-state index in [0.29, 0.717) is 11.9 Å². The SMILES string of the molecule is O=C([C@H]1CCCN(C2CCN(c3ncnc4ccsc34)CC2)C1)N1CCCC1. The summed E-state index contributed by atoms with van der Waals surface area (Å²) in [6.07, 6.45) is 8.59. The molecular weight excluding hydrogens is 370 g/mol. The molecule has 1 atom stereocenters. The van der Waals surface area contributed by atoms with E-state index in [2.05, 4.69) is 36.1 Å². The lowest BCUT2D eigenvalue weighted by molar-refractivity contribution is -0.136. The molecule has 0 saturated carbocycles. The van der Waals surface area contributed by atoms with Gasteiger partial charge in [-0.05, 0) is 56.5 Å². The lowest BCUT2D eigenvalue weighted by Crippen LogP contribution is -2.51. The fourth-order valence-electron chi connectivity index (χ4n) is 5.18. The van der Waals surface area contributed by atoms with Crippen LogP contribution in [0.2, 0.25) is 0 Å². The first kappa shape index (κ1) is 18.3. The molecule has 0 aromatic carbocycles. The van der Waals surface area contributed by atoms with E-state index < -0.39 is 0 Å². The number of likely N-dealkylation sites (tertiary alicyclic amines) is 2. The molecule has 3 aliphatic rings. The molecule has 0 spiro atoms. The number of piperidine rings is 2. The van der Waals surface area contributed by atoms with E-state index in [4.69, 9.17) is 0 Å². The van der Waals surface area contributed by atoms with Gasteiger partial charge in [0.25, 0.3) is 0 Å². The van der Waals surface area contributed by atoms with Crippen LogP contribution in [0.5, 0.6) is 0 Å². The summed E-state index contributed by atoms with van der Waals surface area (Å²) < 4.78 is 1.20. The van der Waals surface area contributed by atoms with Crippen molar-refractivity contribution in [2.45, 2.75) is 44.6 Å². The van der Waals surface area contributed by atoms with Crippen molar-refractivity contribution in [2.75, 3.05) is 44.2 Å². The smallest absolute Gasteiger partial charge is 0.226 e. The highest BCUT2D eigenvalue weighted by Crippen LogP contribution is 2.31. The zero-order valence-corrected chi connectivity index (χ0v) is 17.2. The van der Waals surface area contributed by atoms with Crippen LogP contribution in [0.25, 0.3) is 10.2 Å². The largest absolute Gasteiger partial charge is 0.355 e. The quantitative estimate of drug-likeness (QED) is 0.794. The summed E-state index contributed by atoms with van der Waals surface area (Å²) >= 11 is 1.73. The first-order chi connectivity index (χ1) is 13.8. The van der Waals surface area contributed by atoms with Crippen LogP contribution in [0.15, 0.2) is 17.8 Å². The summed E-state index contributed by atoms with van der Waals surface area (Å²) in [6, 6.07) is 2.68. The van der Waals surface area contributed by atoms with Crippen LogP contribution in [0.4, 0.5) is 5.82 Å². The molecule has 5 heterocycles. The number of fused-ring (bicyclic) bond motifs is 1. The molecule has 150 valence electrons. The molecule has 6 nitrogen and oxygen atoms in total. The zero-order chi connectivity index (χ0) is 18.9. The Kier molecular flexibility index (Phi) is 5.20. The summed E-state index contributed by atoms with van der Waals surface area (Å²) in [4.78, 5) is 28.9. The highest BCUT2D eigenvalue weighted by molar-refractivity contribution is 7.17. The first-order valence-electron chi connectivity index (χ1n) is 10.8. The molecule has 2 aromatic rings. The van der Waals surface area contributed by atoms with E-state index in [0.717, 1.165) is 76.3 Å². The predicted molar refractivity (Wildman–Crippen MR) is 113 cm³/mol. The van der Waals surface area contributed by atoms with Gasteiger partial charge in [-0.15, -0.1) is 11.3 Å². The van der Waals surface area contributed by atoms with Gasteiger partial charge in [-0.25, -0.2) is 9.97 Å². The van der Waals surface area contributed by atoms with E-state index in [1.165, 1.54) is 17.5 Å². The van der Waals surface area contributed by atoms with E-state index >= 15 is 0 Å². The molecule has 28 heavy (non-hydrogen) atoms. The number of aromatic nitrogens is 2. The molecule has 0 aliphatic carbocycles. The topological polar surface area (TPSA) is 52.6 Å². The standard InChI is InChI=1S/C21H29N5OS/c27-21(25-8-1-2-9-25)16-4-3-10-26(14-16)17-5-11-24(12-6-17)20-19-18(7-13-28-19)22-15-23-20/h7,13,15-17H,1-6,8-12,14H2/t16-/m0/s1. The van der Waals surface area contributed by atoms with Crippen LogP contribution in [0.3, 0.4) is 0 Å². The average molecular weight is 400 g/mol. The number of hydrogen-bond acceptors (Lipinski definition) is 6. The fourth-order valence-corrected chi connectivity index (χ4v) is 6.04. The van der Waals surface area contributed by atoms with E-state index in [1.807, 2.05) is 0 Å². The Labute approximate surface area is 170 Å². The molecule has 7 heteroatoms. The van der Waals surface area contributed by atoms with Crippen molar-refractivity contribution < 1.29 is 4.79 Å². The number of carbonyl (C=O) groups excluding carboxylic acids is 1.